The van der Waals surface area contributed by atoms with E-state index < -0.39 is 17.9 Å². The highest BCUT2D eigenvalue weighted by Gasteiger charge is 2.37. The number of hydrogen-bond acceptors (Lipinski definition) is 2. The minimum Gasteiger partial charge on any atom is -0.481 e. The lowest BCUT2D eigenvalue weighted by Gasteiger charge is -2.41. The molecular weight excluding hydrogens is 160 g/mol. The summed E-state index contributed by atoms with van der Waals surface area (Å²) < 4.78 is 0. The lowest BCUT2D eigenvalue weighted by Crippen LogP contribution is -2.57. The molecule has 5 nitrogen and oxygen atoms in total. The van der Waals surface area contributed by atoms with E-state index in [1.165, 1.54) is 4.90 Å². The van der Waals surface area contributed by atoms with Crippen molar-refractivity contribution in [3.63, 3.8) is 0 Å². The number of carbonyl (C=O) groups is 2. The predicted molar refractivity (Wildman–Crippen MR) is 41.5 cm³/mol. The van der Waals surface area contributed by atoms with Crippen molar-refractivity contribution >= 4 is 12.0 Å². The number of primary amides is 1. The van der Waals surface area contributed by atoms with Gasteiger partial charge in [-0.05, 0) is 13.3 Å². The summed E-state index contributed by atoms with van der Waals surface area (Å²) >= 11 is 0. The quantitative estimate of drug-likeness (QED) is 0.608. The van der Waals surface area contributed by atoms with E-state index in [1.54, 1.807) is 6.92 Å². The Bertz CT molecular complexity index is 201. The van der Waals surface area contributed by atoms with E-state index in [9.17, 15) is 9.59 Å². The van der Waals surface area contributed by atoms with Crippen molar-refractivity contribution < 1.29 is 14.7 Å². The molecule has 1 fully saturated rings. The number of aliphatic carboxylic acids is 1. The molecule has 1 aliphatic rings. The first-order valence-corrected chi connectivity index (χ1v) is 3.83. The Labute approximate surface area is 70.1 Å². The van der Waals surface area contributed by atoms with Crippen molar-refractivity contribution in [2.75, 3.05) is 6.54 Å². The van der Waals surface area contributed by atoms with Crippen molar-refractivity contribution in [1.82, 2.24) is 4.90 Å². The van der Waals surface area contributed by atoms with Crippen LogP contribution in [0.2, 0.25) is 0 Å². The first-order chi connectivity index (χ1) is 5.54. The van der Waals surface area contributed by atoms with Crippen LogP contribution in [0.3, 0.4) is 0 Å². The van der Waals surface area contributed by atoms with Gasteiger partial charge in [-0.2, -0.15) is 0 Å². The maximum absolute atomic E-state index is 10.7. The lowest BCUT2D eigenvalue weighted by atomic mass is 9.91. The number of hydrogen-bond donors (Lipinski definition) is 2. The van der Waals surface area contributed by atoms with Gasteiger partial charge < -0.3 is 15.7 Å². The number of urea groups is 1. The van der Waals surface area contributed by atoms with Crippen LogP contribution in [0.1, 0.15) is 13.3 Å². The molecule has 1 saturated heterocycles. The maximum Gasteiger partial charge on any atom is 0.315 e. The van der Waals surface area contributed by atoms with Crippen LogP contribution < -0.4 is 5.73 Å². The van der Waals surface area contributed by atoms with Gasteiger partial charge in [0.1, 0.15) is 0 Å². The fourth-order valence-corrected chi connectivity index (χ4v) is 1.37. The van der Waals surface area contributed by atoms with Gasteiger partial charge >= 0.3 is 12.0 Å². The molecule has 68 valence electrons. The summed E-state index contributed by atoms with van der Waals surface area (Å²) in [7, 11) is 0. The first-order valence-electron chi connectivity index (χ1n) is 3.83. The second-order valence-corrected chi connectivity index (χ2v) is 3.01. The molecule has 0 radical (unpaired) electrons. The molecule has 0 saturated carbocycles. The molecule has 2 unspecified atom stereocenters. The molecule has 0 aliphatic carbocycles. The highest BCUT2D eigenvalue weighted by atomic mass is 16.4. The van der Waals surface area contributed by atoms with Gasteiger partial charge in [0, 0.05) is 12.6 Å². The van der Waals surface area contributed by atoms with Crippen LogP contribution in [0.15, 0.2) is 0 Å². The van der Waals surface area contributed by atoms with E-state index in [0.29, 0.717) is 6.54 Å². The average molecular weight is 172 g/mol. The summed E-state index contributed by atoms with van der Waals surface area (Å²) in [5.74, 6) is -1.41. The Kier molecular flexibility index (Phi) is 2.21. The Morgan fingerprint density at radius 3 is 2.50 bits per heavy atom. The van der Waals surface area contributed by atoms with Crippen molar-refractivity contribution in [2.45, 2.75) is 19.4 Å². The van der Waals surface area contributed by atoms with Crippen molar-refractivity contribution in [2.24, 2.45) is 11.7 Å². The third kappa shape index (κ3) is 1.34. The molecular formula is C7H12N2O3. The second-order valence-electron chi connectivity index (χ2n) is 3.01. The van der Waals surface area contributed by atoms with Gasteiger partial charge in [-0.1, -0.05) is 0 Å². The molecule has 0 bridgehead atoms. The van der Waals surface area contributed by atoms with E-state index in [1.807, 2.05) is 0 Å². The fourth-order valence-electron chi connectivity index (χ4n) is 1.37. The van der Waals surface area contributed by atoms with Crippen LogP contribution in [0.25, 0.3) is 0 Å². The zero-order chi connectivity index (χ0) is 9.30. The molecule has 0 aromatic heterocycles. The fraction of sp³-hybridized carbons (Fsp3) is 0.714. The van der Waals surface area contributed by atoms with Gasteiger partial charge in [0.15, 0.2) is 0 Å². The lowest BCUT2D eigenvalue weighted by molar-refractivity contribution is -0.144. The van der Waals surface area contributed by atoms with E-state index in [2.05, 4.69) is 0 Å². The van der Waals surface area contributed by atoms with Crippen LogP contribution in [-0.2, 0) is 4.79 Å². The van der Waals surface area contributed by atoms with Gasteiger partial charge in [0.2, 0.25) is 0 Å². The van der Waals surface area contributed by atoms with Gasteiger partial charge in [0.25, 0.3) is 0 Å². The molecule has 5 heteroatoms. The number of carboxylic acid groups (broad SMARTS) is 1. The smallest absolute Gasteiger partial charge is 0.315 e. The van der Waals surface area contributed by atoms with Gasteiger partial charge in [-0.15, -0.1) is 0 Å². The molecule has 1 heterocycles. The highest BCUT2D eigenvalue weighted by molar-refractivity contribution is 5.76. The minimum atomic E-state index is -0.883. The highest BCUT2D eigenvalue weighted by Crippen LogP contribution is 2.24. The Morgan fingerprint density at radius 1 is 1.67 bits per heavy atom. The number of carbonyl (C=O) groups excluding carboxylic acids is 1. The van der Waals surface area contributed by atoms with E-state index in [4.69, 9.17) is 10.8 Å². The summed E-state index contributed by atoms with van der Waals surface area (Å²) in [5, 5.41) is 8.64. The third-order valence-electron chi connectivity index (χ3n) is 2.32. The topological polar surface area (TPSA) is 83.6 Å². The van der Waals surface area contributed by atoms with Crippen LogP contribution >= 0.6 is 0 Å². The number of nitrogens with zero attached hydrogens (tertiary/aromatic N) is 1. The van der Waals surface area contributed by atoms with Crippen LogP contribution in [0.5, 0.6) is 0 Å². The molecule has 1 aliphatic heterocycles. The number of nitrogens with two attached hydrogens (primary N) is 1. The number of amides is 2. The average Bonchev–Trinajstić information content (AvgIpc) is 1.82. The number of rotatable bonds is 2. The number of carboxylic acids is 1. The largest absolute Gasteiger partial charge is 0.481 e. The summed E-state index contributed by atoms with van der Waals surface area (Å²) in [6.45, 7) is 2.17. The van der Waals surface area contributed by atoms with Crippen LogP contribution in [-0.4, -0.2) is 34.6 Å². The van der Waals surface area contributed by atoms with Crippen molar-refractivity contribution in [1.29, 1.82) is 0 Å². The summed E-state index contributed by atoms with van der Waals surface area (Å²) in [4.78, 5) is 22.6. The van der Waals surface area contributed by atoms with Gasteiger partial charge in [-0.25, -0.2) is 4.79 Å². The molecule has 0 aromatic carbocycles. The van der Waals surface area contributed by atoms with Crippen molar-refractivity contribution in [3.05, 3.63) is 0 Å². The Balaban J connectivity index is 2.54. The normalized spacial score (nSPS) is 24.4. The Morgan fingerprint density at radius 2 is 2.25 bits per heavy atom. The summed E-state index contributed by atoms with van der Waals surface area (Å²) in [5.41, 5.74) is 5.02. The second kappa shape index (κ2) is 3.00. The minimum absolute atomic E-state index is 0.208. The van der Waals surface area contributed by atoms with Crippen LogP contribution in [0.4, 0.5) is 4.79 Å². The van der Waals surface area contributed by atoms with E-state index >= 15 is 0 Å². The first kappa shape index (κ1) is 8.83. The third-order valence-corrected chi connectivity index (χ3v) is 2.32. The van der Waals surface area contributed by atoms with Gasteiger partial charge in [0.05, 0.1) is 5.92 Å². The maximum atomic E-state index is 10.7. The zero-order valence-electron chi connectivity index (χ0n) is 6.86. The standard InChI is InChI=1S/C7H12N2O3/c1-4(6(10)11)5-2-3-9(5)7(8)12/h4-5H,2-3H2,1H3,(H2,8,12)(H,10,11). The molecule has 2 amide bonds. The van der Waals surface area contributed by atoms with E-state index in [0.717, 1.165) is 6.42 Å². The molecule has 12 heavy (non-hydrogen) atoms. The SMILES string of the molecule is CC(C(=O)O)C1CCN1C(N)=O. The van der Waals surface area contributed by atoms with E-state index in [-0.39, 0.29) is 6.04 Å². The van der Waals surface area contributed by atoms with Crippen molar-refractivity contribution in [3.8, 4) is 0 Å². The summed E-state index contributed by atoms with van der Waals surface area (Å²) in [6, 6.07) is -0.737. The molecule has 2 atom stereocenters. The Hall–Kier alpha value is -1.26. The van der Waals surface area contributed by atoms with Gasteiger partial charge in [-0.3, -0.25) is 4.79 Å². The predicted octanol–water partition coefficient (Wildman–Crippen LogP) is -0.140. The van der Waals surface area contributed by atoms with Crippen LogP contribution in [0, 0.1) is 5.92 Å². The monoisotopic (exact) mass is 172 g/mol. The molecule has 0 spiro atoms. The zero-order valence-corrected chi connectivity index (χ0v) is 6.86. The summed E-state index contributed by atoms with van der Waals surface area (Å²) in [6.07, 6.45) is 0.733. The molecule has 1 rings (SSSR count). The molecule has 3 N–H and O–H groups in total. The molecule has 0 aromatic rings. The number of likely N-dealkylation sites (tertiary alicyclic amines) is 1.